The SMILES string of the molecule is Nc1nn(Cc2ccc(F)c(F)c2)c2ccccc12. The van der Waals surface area contributed by atoms with Gasteiger partial charge < -0.3 is 5.73 Å². The minimum absolute atomic E-state index is 0.342. The second-order valence-electron chi connectivity index (χ2n) is 4.31. The van der Waals surface area contributed by atoms with Gasteiger partial charge in [0.1, 0.15) is 0 Å². The third kappa shape index (κ3) is 2.03. The molecular weight excluding hydrogens is 248 g/mol. The highest BCUT2D eigenvalue weighted by molar-refractivity contribution is 5.89. The fourth-order valence-electron chi connectivity index (χ4n) is 2.08. The van der Waals surface area contributed by atoms with Crippen molar-refractivity contribution in [1.82, 2.24) is 9.78 Å². The molecule has 0 aliphatic heterocycles. The van der Waals surface area contributed by atoms with Gasteiger partial charge in [0.25, 0.3) is 0 Å². The lowest BCUT2D eigenvalue weighted by Crippen LogP contribution is -2.03. The first-order valence-corrected chi connectivity index (χ1v) is 5.80. The molecule has 5 heteroatoms. The Bertz CT molecular complexity index is 750. The highest BCUT2D eigenvalue weighted by atomic mass is 19.2. The lowest BCUT2D eigenvalue weighted by molar-refractivity contribution is 0.506. The van der Waals surface area contributed by atoms with Crippen molar-refractivity contribution >= 4 is 16.7 Å². The second-order valence-corrected chi connectivity index (χ2v) is 4.31. The molecule has 0 saturated carbocycles. The third-order valence-corrected chi connectivity index (χ3v) is 3.00. The summed E-state index contributed by atoms with van der Waals surface area (Å²) in [6.45, 7) is 0.342. The van der Waals surface area contributed by atoms with Gasteiger partial charge in [-0.05, 0) is 29.8 Å². The zero-order valence-corrected chi connectivity index (χ0v) is 9.98. The maximum atomic E-state index is 13.2. The van der Waals surface area contributed by atoms with E-state index >= 15 is 0 Å². The summed E-state index contributed by atoms with van der Waals surface area (Å²) < 4.78 is 27.7. The normalized spacial score (nSPS) is 11.1. The van der Waals surface area contributed by atoms with Gasteiger partial charge in [-0.1, -0.05) is 18.2 Å². The van der Waals surface area contributed by atoms with Crippen LogP contribution in [0, 0.1) is 11.6 Å². The molecule has 2 N–H and O–H groups in total. The number of para-hydroxylation sites is 1. The van der Waals surface area contributed by atoms with E-state index in [0.717, 1.165) is 17.0 Å². The van der Waals surface area contributed by atoms with Crippen molar-refractivity contribution in [3.8, 4) is 0 Å². The number of fused-ring (bicyclic) bond motifs is 1. The number of hydrogen-bond acceptors (Lipinski definition) is 2. The third-order valence-electron chi connectivity index (χ3n) is 3.00. The summed E-state index contributed by atoms with van der Waals surface area (Å²) >= 11 is 0. The lowest BCUT2D eigenvalue weighted by atomic mass is 10.2. The molecule has 3 aromatic rings. The topological polar surface area (TPSA) is 43.8 Å². The summed E-state index contributed by atoms with van der Waals surface area (Å²) in [7, 11) is 0. The number of rotatable bonds is 2. The van der Waals surface area contributed by atoms with Gasteiger partial charge in [-0.25, -0.2) is 8.78 Å². The predicted molar refractivity (Wildman–Crippen MR) is 69.6 cm³/mol. The quantitative estimate of drug-likeness (QED) is 0.769. The van der Waals surface area contributed by atoms with Crippen LogP contribution >= 0.6 is 0 Å². The standard InChI is InChI=1S/C14H11F2N3/c15-11-6-5-9(7-12(11)16)8-19-13-4-2-1-3-10(13)14(17)18-19/h1-7H,8H2,(H2,17,18). The molecule has 0 fully saturated rings. The van der Waals surface area contributed by atoms with Gasteiger partial charge >= 0.3 is 0 Å². The van der Waals surface area contributed by atoms with E-state index in [4.69, 9.17) is 5.73 Å². The van der Waals surface area contributed by atoms with Crippen LogP contribution in [0.2, 0.25) is 0 Å². The molecule has 0 amide bonds. The summed E-state index contributed by atoms with van der Waals surface area (Å²) in [4.78, 5) is 0. The van der Waals surface area contributed by atoms with Crippen LogP contribution < -0.4 is 5.73 Å². The molecule has 3 nitrogen and oxygen atoms in total. The highest BCUT2D eigenvalue weighted by Crippen LogP contribution is 2.21. The summed E-state index contributed by atoms with van der Waals surface area (Å²) in [5.41, 5.74) is 7.32. The Morgan fingerprint density at radius 2 is 1.84 bits per heavy atom. The average molecular weight is 259 g/mol. The number of aromatic nitrogens is 2. The van der Waals surface area contributed by atoms with E-state index in [9.17, 15) is 8.78 Å². The van der Waals surface area contributed by atoms with Crippen molar-refractivity contribution in [2.45, 2.75) is 6.54 Å². The first-order chi connectivity index (χ1) is 9.15. The fraction of sp³-hybridized carbons (Fsp3) is 0.0714. The number of nitrogen functional groups attached to an aromatic ring is 1. The number of anilines is 1. The van der Waals surface area contributed by atoms with Crippen molar-refractivity contribution in [3.05, 3.63) is 59.7 Å². The van der Waals surface area contributed by atoms with Gasteiger partial charge in [0.15, 0.2) is 17.5 Å². The van der Waals surface area contributed by atoms with Gasteiger partial charge in [0, 0.05) is 5.39 Å². The summed E-state index contributed by atoms with van der Waals surface area (Å²) in [6, 6.07) is 11.3. The molecule has 0 saturated heterocycles. The maximum Gasteiger partial charge on any atom is 0.159 e. The predicted octanol–water partition coefficient (Wildman–Crippen LogP) is 2.95. The van der Waals surface area contributed by atoms with Gasteiger partial charge in [-0.2, -0.15) is 5.10 Å². The van der Waals surface area contributed by atoms with Crippen LogP contribution in [0.5, 0.6) is 0 Å². The first-order valence-electron chi connectivity index (χ1n) is 5.80. The Labute approximate surface area is 108 Å². The van der Waals surface area contributed by atoms with Crippen LogP contribution in [0.15, 0.2) is 42.5 Å². The molecule has 0 radical (unpaired) electrons. The molecule has 0 spiro atoms. The summed E-state index contributed by atoms with van der Waals surface area (Å²) in [5, 5.41) is 5.07. The molecule has 0 aliphatic rings. The van der Waals surface area contributed by atoms with Crippen LogP contribution in [-0.4, -0.2) is 9.78 Å². The van der Waals surface area contributed by atoms with E-state index in [1.807, 2.05) is 24.3 Å². The summed E-state index contributed by atoms with van der Waals surface area (Å²) in [5.74, 6) is -1.28. The minimum Gasteiger partial charge on any atom is -0.382 e. The Kier molecular flexibility index (Phi) is 2.67. The van der Waals surface area contributed by atoms with Crippen LogP contribution in [0.1, 0.15) is 5.56 Å². The van der Waals surface area contributed by atoms with Crippen molar-refractivity contribution in [1.29, 1.82) is 0 Å². The Balaban J connectivity index is 2.03. The fourth-order valence-corrected chi connectivity index (χ4v) is 2.08. The largest absolute Gasteiger partial charge is 0.382 e. The molecule has 96 valence electrons. The van der Waals surface area contributed by atoms with Crippen molar-refractivity contribution < 1.29 is 8.78 Å². The van der Waals surface area contributed by atoms with E-state index in [0.29, 0.717) is 17.9 Å². The molecule has 0 bridgehead atoms. The van der Waals surface area contributed by atoms with Crippen LogP contribution in [-0.2, 0) is 6.54 Å². The number of halogens is 2. The van der Waals surface area contributed by atoms with E-state index in [2.05, 4.69) is 5.10 Å². The molecule has 2 aromatic carbocycles. The maximum absolute atomic E-state index is 13.2. The van der Waals surface area contributed by atoms with Gasteiger partial charge in [-0.3, -0.25) is 4.68 Å². The second kappa shape index (κ2) is 4.35. The molecule has 0 atom stereocenters. The molecule has 1 aromatic heterocycles. The smallest absolute Gasteiger partial charge is 0.159 e. The van der Waals surface area contributed by atoms with Crippen LogP contribution in [0.4, 0.5) is 14.6 Å². The van der Waals surface area contributed by atoms with E-state index in [-0.39, 0.29) is 0 Å². The van der Waals surface area contributed by atoms with E-state index in [1.165, 1.54) is 12.1 Å². The number of nitrogens with two attached hydrogens (primary N) is 1. The van der Waals surface area contributed by atoms with Gasteiger partial charge in [0.2, 0.25) is 0 Å². The highest BCUT2D eigenvalue weighted by Gasteiger charge is 2.09. The lowest BCUT2D eigenvalue weighted by Gasteiger charge is -2.04. The van der Waals surface area contributed by atoms with Crippen LogP contribution in [0.3, 0.4) is 0 Å². The molecule has 19 heavy (non-hydrogen) atoms. The summed E-state index contributed by atoms with van der Waals surface area (Å²) in [6.07, 6.45) is 0. The van der Waals surface area contributed by atoms with E-state index in [1.54, 1.807) is 4.68 Å². The van der Waals surface area contributed by atoms with Crippen LogP contribution in [0.25, 0.3) is 10.9 Å². The van der Waals surface area contributed by atoms with Crippen molar-refractivity contribution in [3.63, 3.8) is 0 Å². The Morgan fingerprint density at radius 3 is 2.63 bits per heavy atom. The van der Waals surface area contributed by atoms with Gasteiger partial charge in [-0.15, -0.1) is 0 Å². The molecule has 1 heterocycles. The minimum atomic E-state index is -0.859. The zero-order valence-electron chi connectivity index (χ0n) is 9.98. The van der Waals surface area contributed by atoms with E-state index < -0.39 is 11.6 Å². The molecular formula is C14H11F2N3. The van der Waals surface area contributed by atoms with Gasteiger partial charge in [0.05, 0.1) is 12.1 Å². The monoisotopic (exact) mass is 259 g/mol. The Hall–Kier alpha value is -2.43. The number of benzene rings is 2. The Morgan fingerprint density at radius 1 is 1.05 bits per heavy atom. The molecule has 0 aliphatic carbocycles. The first kappa shape index (κ1) is 11.6. The molecule has 0 unspecified atom stereocenters. The average Bonchev–Trinajstić information content (AvgIpc) is 2.72. The molecule has 3 rings (SSSR count). The number of hydrogen-bond donors (Lipinski definition) is 1. The zero-order chi connectivity index (χ0) is 13.4. The van der Waals surface area contributed by atoms with Crippen molar-refractivity contribution in [2.24, 2.45) is 0 Å². The van der Waals surface area contributed by atoms with Crippen molar-refractivity contribution in [2.75, 3.05) is 5.73 Å². The number of nitrogens with zero attached hydrogens (tertiary/aromatic N) is 2.